The Morgan fingerprint density at radius 3 is 2.49 bits per heavy atom. The first-order valence-corrected chi connectivity index (χ1v) is 11.9. The van der Waals surface area contributed by atoms with Crippen LogP contribution in [0.15, 0.2) is 30.5 Å². The topological polar surface area (TPSA) is 169 Å². The van der Waals surface area contributed by atoms with E-state index in [0.29, 0.717) is 38.8 Å². The molecule has 0 aliphatic carbocycles. The van der Waals surface area contributed by atoms with Crippen molar-refractivity contribution in [1.29, 1.82) is 0 Å². The summed E-state index contributed by atoms with van der Waals surface area (Å²) < 4.78 is 0. The van der Waals surface area contributed by atoms with E-state index in [0.717, 1.165) is 16.5 Å². The summed E-state index contributed by atoms with van der Waals surface area (Å²) >= 11 is 0. The number of carboxylic acid groups (broad SMARTS) is 1. The van der Waals surface area contributed by atoms with E-state index in [1.165, 1.54) is 9.80 Å². The second-order valence-electron chi connectivity index (χ2n) is 9.13. The molecular weight excluding hydrogens is 454 g/mol. The maximum absolute atomic E-state index is 13.3. The summed E-state index contributed by atoms with van der Waals surface area (Å²) in [5.74, 6) is -2.52. The predicted molar refractivity (Wildman–Crippen MR) is 126 cm³/mol. The number of nitrogens with zero attached hydrogens (tertiary/aromatic N) is 2. The van der Waals surface area contributed by atoms with Gasteiger partial charge in [-0.15, -0.1) is 0 Å². The summed E-state index contributed by atoms with van der Waals surface area (Å²) in [6.45, 7) is 0.193. The first-order chi connectivity index (χ1) is 16.8. The van der Waals surface area contributed by atoms with E-state index in [-0.39, 0.29) is 12.3 Å². The van der Waals surface area contributed by atoms with Crippen LogP contribution in [0, 0.1) is 0 Å². The highest BCUT2D eigenvalue weighted by Crippen LogP contribution is 2.26. The van der Waals surface area contributed by atoms with Crippen molar-refractivity contribution in [2.75, 3.05) is 19.7 Å². The van der Waals surface area contributed by atoms with Crippen molar-refractivity contribution in [3.05, 3.63) is 36.0 Å². The number of H-pyrrole nitrogens is 1. The summed E-state index contributed by atoms with van der Waals surface area (Å²) in [6, 6.07) is 3.71. The Labute approximate surface area is 202 Å². The highest BCUT2D eigenvalue weighted by molar-refractivity contribution is 5.95. The number of likely N-dealkylation sites (tertiary alicyclic amines) is 2. The zero-order valence-corrected chi connectivity index (χ0v) is 19.4. The normalized spacial score (nSPS) is 21.8. The van der Waals surface area contributed by atoms with Gasteiger partial charge in [0.25, 0.3) is 0 Å². The van der Waals surface area contributed by atoms with Crippen LogP contribution in [0.25, 0.3) is 10.9 Å². The van der Waals surface area contributed by atoms with Crippen LogP contribution in [0.2, 0.25) is 0 Å². The minimum atomic E-state index is -1.16. The minimum absolute atomic E-state index is 0.0930. The van der Waals surface area contributed by atoms with Crippen LogP contribution in [0.4, 0.5) is 0 Å². The van der Waals surface area contributed by atoms with Crippen molar-refractivity contribution >= 4 is 34.6 Å². The van der Waals surface area contributed by atoms with Crippen LogP contribution in [0.5, 0.6) is 0 Å². The first-order valence-electron chi connectivity index (χ1n) is 11.9. The number of carbonyl (C=O) groups excluding carboxylic acids is 3. The molecule has 1 aromatic carbocycles. The number of hydrogen-bond acceptors (Lipinski definition) is 6. The standard InChI is InChI=1S/C24H31N5O6/c25-16(13-30)22(32)29-10-4-8-20(29)23(33)28-9-3-7-19(28)21(31)27-18(24(34)35)11-14-12-26-17-6-2-1-5-15(14)17/h1-2,5-6,12,16,18-20,26,30H,3-4,7-11,13,25H2,(H,27,31)(H,34,35). The number of benzene rings is 1. The Hall–Kier alpha value is -3.44. The molecule has 2 aliphatic rings. The molecule has 0 saturated carbocycles. The van der Waals surface area contributed by atoms with Gasteiger partial charge >= 0.3 is 5.97 Å². The maximum atomic E-state index is 13.3. The van der Waals surface area contributed by atoms with Gasteiger partial charge in [-0.3, -0.25) is 14.4 Å². The van der Waals surface area contributed by atoms with Crippen molar-refractivity contribution < 1.29 is 29.4 Å². The van der Waals surface area contributed by atoms with Crippen molar-refractivity contribution in [2.45, 2.75) is 56.3 Å². The number of para-hydroxylation sites is 1. The SMILES string of the molecule is NC(CO)C(=O)N1CCCC1C(=O)N1CCCC1C(=O)NC(Cc1c[nH]c2ccccc12)C(=O)O. The Kier molecular flexibility index (Phi) is 7.37. The van der Waals surface area contributed by atoms with Crippen molar-refractivity contribution in [3.63, 3.8) is 0 Å². The summed E-state index contributed by atoms with van der Waals surface area (Å²) in [7, 11) is 0. The van der Waals surface area contributed by atoms with Gasteiger partial charge in [-0.05, 0) is 37.3 Å². The van der Waals surface area contributed by atoms with E-state index in [1.807, 2.05) is 24.3 Å². The summed E-state index contributed by atoms with van der Waals surface area (Å²) in [5, 5.41) is 22.5. The Balaban J connectivity index is 1.45. The molecule has 0 radical (unpaired) electrons. The largest absolute Gasteiger partial charge is 0.480 e. The third-order valence-corrected chi connectivity index (χ3v) is 6.89. The number of aliphatic carboxylic acids is 1. The molecule has 2 fully saturated rings. The fraction of sp³-hybridized carbons (Fsp3) is 0.500. The quantitative estimate of drug-likeness (QED) is 0.338. The number of nitrogens with two attached hydrogens (primary N) is 1. The summed E-state index contributed by atoms with van der Waals surface area (Å²) in [6.07, 6.45) is 3.91. The maximum Gasteiger partial charge on any atom is 0.326 e. The average molecular weight is 486 g/mol. The lowest BCUT2D eigenvalue weighted by Crippen LogP contribution is -2.56. The number of rotatable bonds is 8. The third-order valence-electron chi connectivity index (χ3n) is 6.89. The smallest absolute Gasteiger partial charge is 0.326 e. The molecule has 6 N–H and O–H groups in total. The number of aliphatic hydroxyl groups is 1. The molecule has 3 amide bonds. The molecule has 4 unspecified atom stereocenters. The molecule has 11 nitrogen and oxygen atoms in total. The lowest BCUT2D eigenvalue weighted by Gasteiger charge is -2.32. The first kappa shape index (κ1) is 24.7. The number of aromatic amines is 1. The monoisotopic (exact) mass is 485 g/mol. The molecule has 2 aromatic rings. The second kappa shape index (κ2) is 10.4. The summed E-state index contributed by atoms with van der Waals surface area (Å²) in [4.78, 5) is 56.9. The third kappa shape index (κ3) is 5.01. The van der Waals surface area contributed by atoms with E-state index < -0.39 is 48.6 Å². The lowest BCUT2D eigenvalue weighted by atomic mass is 10.0. The zero-order chi connectivity index (χ0) is 25.1. The number of carbonyl (C=O) groups is 4. The molecule has 2 saturated heterocycles. The van der Waals surface area contributed by atoms with Gasteiger partial charge < -0.3 is 36.0 Å². The molecule has 35 heavy (non-hydrogen) atoms. The Morgan fingerprint density at radius 1 is 1.09 bits per heavy atom. The van der Waals surface area contributed by atoms with Crippen molar-refractivity contribution in [3.8, 4) is 0 Å². The van der Waals surface area contributed by atoms with Gasteiger partial charge in [0.2, 0.25) is 17.7 Å². The number of nitrogens with one attached hydrogen (secondary N) is 2. The summed E-state index contributed by atoms with van der Waals surface area (Å²) in [5.41, 5.74) is 7.32. The van der Waals surface area contributed by atoms with Crippen molar-refractivity contribution in [2.24, 2.45) is 5.73 Å². The molecule has 3 heterocycles. The van der Waals surface area contributed by atoms with Crippen LogP contribution in [0.1, 0.15) is 31.2 Å². The Bertz CT molecular complexity index is 1120. The number of fused-ring (bicyclic) bond motifs is 1. The highest BCUT2D eigenvalue weighted by atomic mass is 16.4. The Morgan fingerprint density at radius 2 is 1.77 bits per heavy atom. The molecule has 0 bridgehead atoms. The van der Waals surface area contributed by atoms with Gasteiger partial charge in [0.1, 0.15) is 24.2 Å². The lowest BCUT2D eigenvalue weighted by molar-refractivity contribution is -0.148. The van der Waals surface area contributed by atoms with Crippen LogP contribution >= 0.6 is 0 Å². The minimum Gasteiger partial charge on any atom is -0.480 e. The van der Waals surface area contributed by atoms with E-state index >= 15 is 0 Å². The molecule has 4 atom stereocenters. The molecular formula is C24H31N5O6. The molecule has 188 valence electrons. The molecule has 2 aliphatic heterocycles. The number of aliphatic hydroxyl groups excluding tert-OH is 1. The van der Waals surface area contributed by atoms with Crippen molar-refractivity contribution in [1.82, 2.24) is 20.1 Å². The van der Waals surface area contributed by atoms with Crippen LogP contribution < -0.4 is 11.1 Å². The number of hydrogen-bond donors (Lipinski definition) is 5. The van der Waals surface area contributed by atoms with E-state index in [1.54, 1.807) is 6.20 Å². The molecule has 0 spiro atoms. The second-order valence-corrected chi connectivity index (χ2v) is 9.13. The fourth-order valence-electron chi connectivity index (χ4n) is 5.06. The zero-order valence-electron chi connectivity index (χ0n) is 19.4. The number of amides is 3. The predicted octanol–water partition coefficient (Wildman–Crippen LogP) is -0.419. The number of aromatic nitrogens is 1. The van der Waals surface area contributed by atoms with E-state index in [2.05, 4.69) is 10.3 Å². The van der Waals surface area contributed by atoms with Crippen LogP contribution in [0.3, 0.4) is 0 Å². The number of carboxylic acids is 1. The van der Waals surface area contributed by atoms with Gasteiger partial charge in [-0.25, -0.2) is 4.79 Å². The highest BCUT2D eigenvalue weighted by Gasteiger charge is 2.43. The van der Waals surface area contributed by atoms with E-state index in [4.69, 9.17) is 5.73 Å². The van der Waals surface area contributed by atoms with Gasteiger partial charge in [-0.1, -0.05) is 18.2 Å². The van der Waals surface area contributed by atoms with Gasteiger partial charge in [0, 0.05) is 36.6 Å². The van der Waals surface area contributed by atoms with Crippen LogP contribution in [-0.4, -0.2) is 92.6 Å². The van der Waals surface area contributed by atoms with E-state index in [9.17, 15) is 29.4 Å². The molecule has 1 aromatic heterocycles. The fourth-order valence-corrected chi connectivity index (χ4v) is 5.06. The molecule has 4 rings (SSSR count). The van der Waals surface area contributed by atoms with Crippen LogP contribution in [-0.2, 0) is 25.6 Å². The van der Waals surface area contributed by atoms with Gasteiger partial charge in [0.05, 0.1) is 6.61 Å². The molecule has 11 heteroatoms. The average Bonchev–Trinajstić information content (AvgIpc) is 3.62. The van der Waals surface area contributed by atoms with Gasteiger partial charge in [0.15, 0.2) is 0 Å². The van der Waals surface area contributed by atoms with Gasteiger partial charge in [-0.2, -0.15) is 0 Å².